The first-order valence-electron chi connectivity index (χ1n) is 8.05. The highest BCUT2D eigenvalue weighted by molar-refractivity contribution is 7.22. The molecule has 0 N–H and O–H groups in total. The summed E-state index contributed by atoms with van der Waals surface area (Å²) in [7, 11) is 1.79. The number of benzene rings is 2. The van der Waals surface area contributed by atoms with Crippen molar-refractivity contribution in [2.24, 2.45) is 0 Å². The smallest absolute Gasteiger partial charge is 0.232 e. The summed E-state index contributed by atoms with van der Waals surface area (Å²) in [6.07, 6.45) is 4.36. The SMILES string of the molecule is CN(C(=O)Cc1ccc(-n2cccc2)cc1)c1nc2ccccc2s1. The molecule has 0 saturated heterocycles. The van der Waals surface area contributed by atoms with Gasteiger partial charge in [-0.05, 0) is 42.0 Å². The van der Waals surface area contributed by atoms with Gasteiger partial charge in [-0.25, -0.2) is 4.98 Å². The molecule has 0 bridgehead atoms. The number of anilines is 1. The summed E-state index contributed by atoms with van der Waals surface area (Å²) < 4.78 is 3.13. The van der Waals surface area contributed by atoms with E-state index in [-0.39, 0.29) is 5.91 Å². The van der Waals surface area contributed by atoms with Gasteiger partial charge in [0.15, 0.2) is 5.13 Å². The van der Waals surface area contributed by atoms with Gasteiger partial charge in [-0.3, -0.25) is 9.69 Å². The van der Waals surface area contributed by atoms with Crippen LogP contribution in [0.1, 0.15) is 5.56 Å². The summed E-state index contributed by atoms with van der Waals surface area (Å²) in [6.45, 7) is 0. The highest BCUT2D eigenvalue weighted by Gasteiger charge is 2.15. The fraction of sp³-hybridized carbons (Fsp3) is 0.100. The lowest BCUT2D eigenvalue weighted by atomic mass is 10.1. The monoisotopic (exact) mass is 347 g/mol. The van der Waals surface area contributed by atoms with Crippen LogP contribution >= 0.6 is 11.3 Å². The lowest BCUT2D eigenvalue weighted by molar-refractivity contribution is -0.117. The zero-order valence-electron chi connectivity index (χ0n) is 13.8. The second-order valence-electron chi connectivity index (χ2n) is 5.85. The van der Waals surface area contributed by atoms with Gasteiger partial charge in [0.1, 0.15) is 0 Å². The second-order valence-corrected chi connectivity index (χ2v) is 6.86. The molecule has 25 heavy (non-hydrogen) atoms. The van der Waals surface area contributed by atoms with E-state index in [0.717, 1.165) is 26.6 Å². The van der Waals surface area contributed by atoms with E-state index in [4.69, 9.17) is 0 Å². The minimum Gasteiger partial charge on any atom is -0.324 e. The van der Waals surface area contributed by atoms with E-state index < -0.39 is 0 Å². The van der Waals surface area contributed by atoms with Crippen LogP contribution < -0.4 is 4.90 Å². The molecule has 0 aliphatic heterocycles. The van der Waals surface area contributed by atoms with Gasteiger partial charge in [0.25, 0.3) is 0 Å². The molecule has 0 fully saturated rings. The topological polar surface area (TPSA) is 38.1 Å². The summed E-state index contributed by atoms with van der Waals surface area (Å²) in [5.74, 6) is 0.0350. The minimum absolute atomic E-state index is 0.0350. The number of thiazole rings is 1. The normalized spacial score (nSPS) is 10.9. The van der Waals surface area contributed by atoms with E-state index in [9.17, 15) is 4.79 Å². The Kier molecular flexibility index (Phi) is 4.07. The van der Waals surface area contributed by atoms with Crippen molar-refractivity contribution in [3.63, 3.8) is 0 Å². The molecule has 0 radical (unpaired) electrons. The standard InChI is InChI=1S/C20H17N3OS/c1-22(20-21-17-6-2-3-7-18(17)25-20)19(24)14-15-8-10-16(11-9-15)23-12-4-5-13-23/h2-13H,14H2,1H3. The quantitative estimate of drug-likeness (QED) is 0.552. The van der Waals surface area contributed by atoms with Crippen molar-refractivity contribution in [3.8, 4) is 5.69 Å². The molecule has 1 amide bonds. The van der Waals surface area contributed by atoms with Crippen LogP contribution in [0, 0.1) is 0 Å². The van der Waals surface area contributed by atoms with Crippen LogP contribution in [0.25, 0.3) is 15.9 Å². The molecular weight excluding hydrogens is 330 g/mol. The molecule has 124 valence electrons. The van der Waals surface area contributed by atoms with E-state index in [2.05, 4.69) is 4.98 Å². The molecule has 4 aromatic rings. The van der Waals surface area contributed by atoms with Crippen molar-refractivity contribution in [2.75, 3.05) is 11.9 Å². The minimum atomic E-state index is 0.0350. The molecule has 0 spiro atoms. The fourth-order valence-corrected chi connectivity index (χ4v) is 3.64. The van der Waals surface area contributed by atoms with Crippen LogP contribution in [-0.2, 0) is 11.2 Å². The van der Waals surface area contributed by atoms with Crippen LogP contribution in [-0.4, -0.2) is 22.5 Å². The van der Waals surface area contributed by atoms with Gasteiger partial charge in [-0.1, -0.05) is 35.6 Å². The number of carbonyl (C=O) groups is 1. The number of nitrogens with zero attached hydrogens (tertiary/aromatic N) is 3. The number of rotatable bonds is 4. The number of hydrogen-bond acceptors (Lipinski definition) is 3. The van der Waals surface area contributed by atoms with Crippen molar-refractivity contribution in [2.45, 2.75) is 6.42 Å². The van der Waals surface area contributed by atoms with Crippen molar-refractivity contribution >= 4 is 32.6 Å². The van der Waals surface area contributed by atoms with Gasteiger partial charge in [0.05, 0.1) is 16.6 Å². The van der Waals surface area contributed by atoms with E-state index in [0.29, 0.717) is 6.42 Å². The van der Waals surface area contributed by atoms with Gasteiger partial charge < -0.3 is 4.57 Å². The first kappa shape index (κ1) is 15.6. The molecule has 0 saturated carbocycles. The number of carbonyl (C=O) groups excluding carboxylic acids is 1. The fourth-order valence-electron chi connectivity index (χ4n) is 2.70. The Morgan fingerprint density at radius 1 is 1.04 bits per heavy atom. The molecule has 4 rings (SSSR count). The second kappa shape index (κ2) is 6.53. The lowest BCUT2D eigenvalue weighted by Gasteiger charge is -2.14. The molecule has 2 aromatic carbocycles. The summed E-state index contributed by atoms with van der Waals surface area (Å²) in [4.78, 5) is 18.8. The molecule has 0 aliphatic rings. The van der Waals surface area contributed by atoms with Gasteiger partial charge in [-0.2, -0.15) is 0 Å². The summed E-state index contributed by atoms with van der Waals surface area (Å²) in [5, 5.41) is 0.732. The number of para-hydroxylation sites is 1. The summed E-state index contributed by atoms with van der Waals surface area (Å²) in [6, 6.07) is 20.0. The molecular formula is C20H17N3OS. The zero-order chi connectivity index (χ0) is 17.2. The first-order valence-corrected chi connectivity index (χ1v) is 8.87. The Bertz CT molecular complexity index is 970. The summed E-state index contributed by atoms with van der Waals surface area (Å²) >= 11 is 1.54. The molecule has 2 heterocycles. The Morgan fingerprint density at radius 2 is 1.76 bits per heavy atom. The molecule has 5 heteroatoms. The van der Waals surface area contributed by atoms with Crippen molar-refractivity contribution < 1.29 is 4.79 Å². The van der Waals surface area contributed by atoms with Gasteiger partial charge in [0, 0.05) is 25.1 Å². The zero-order valence-corrected chi connectivity index (χ0v) is 14.6. The maximum atomic E-state index is 12.6. The first-order chi connectivity index (χ1) is 12.2. The molecule has 2 aromatic heterocycles. The number of amides is 1. The highest BCUT2D eigenvalue weighted by Crippen LogP contribution is 2.28. The third-order valence-corrected chi connectivity index (χ3v) is 5.25. The van der Waals surface area contributed by atoms with E-state index in [1.54, 1.807) is 11.9 Å². The summed E-state index contributed by atoms with van der Waals surface area (Å²) in [5.41, 5.74) is 3.01. The third kappa shape index (κ3) is 3.19. The van der Waals surface area contributed by atoms with Crippen LogP contribution in [0.15, 0.2) is 73.1 Å². The predicted molar refractivity (Wildman–Crippen MR) is 103 cm³/mol. The van der Waals surface area contributed by atoms with Crippen LogP contribution in [0.2, 0.25) is 0 Å². The van der Waals surface area contributed by atoms with Gasteiger partial charge >= 0.3 is 0 Å². The van der Waals surface area contributed by atoms with E-state index in [1.165, 1.54) is 11.3 Å². The number of hydrogen-bond donors (Lipinski definition) is 0. The van der Waals surface area contributed by atoms with Crippen LogP contribution in [0.5, 0.6) is 0 Å². The van der Waals surface area contributed by atoms with Gasteiger partial charge in [0.2, 0.25) is 5.91 Å². The average Bonchev–Trinajstić information content (AvgIpc) is 3.31. The predicted octanol–water partition coefficient (Wildman–Crippen LogP) is 4.29. The average molecular weight is 347 g/mol. The lowest BCUT2D eigenvalue weighted by Crippen LogP contribution is -2.27. The maximum Gasteiger partial charge on any atom is 0.232 e. The number of aromatic nitrogens is 2. The Morgan fingerprint density at radius 3 is 2.48 bits per heavy atom. The Labute approximate surface area is 150 Å². The maximum absolute atomic E-state index is 12.6. The molecule has 0 atom stereocenters. The van der Waals surface area contributed by atoms with Crippen molar-refractivity contribution in [1.29, 1.82) is 0 Å². The van der Waals surface area contributed by atoms with E-state index in [1.807, 2.05) is 77.6 Å². The largest absolute Gasteiger partial charge is 0.324 e. The Hall–Kier alpha value is -2.92. The molecule has 4 nitrogen and oxygen atoms in total. The molecule has 0 aliphatic carbocycles. The third-order valence-electron chi connectivity index (χ3n) is 4.14. The van der Waals surface area contributed by atoms with Crippen LogP contribution in [0.4, 0.5) is 5.13 Å². The van der Waals surface area contributed by atoms with Gasteiger partial charge in [-0.15, -0.1) is 0 Å². The Balaban J connectivity index is 1.49. The van der Waals surface area contributed by atoms with Crippen molar-refractivity contribution in [3.05, 3.63) is 78.6 Å². The molecule has 0 unspecified atom stereocenters. The van der Waals surface area contributed by atoms with Crippen LogP contribution in [0.3, 0.4) is 0 Å². The highest BCUT2D eigenvalue weighted by atomic mass is 32.1. The number of fused-ring (bicyclic) bond motifs is 1. The number of likely N-dealkylation sites (N-methyl/N-ethyl adjacent to an activating group) is 1. The van der Waals surface area contributed by atoms with Crippen molar-refractivity contribution in [1.82, 2.24) is 9.55 Å². The van der Waals surface area contributed by atoms with E-state index >= 15 is 0 Å².